The number of amides is 1. The standard InChI is InChI=1S/C24H32N6O/c1-15-19(14-26-16(2)28-15)23(31)27-13-17-6-8-18(9-7-17)20-10-11-25-22-12-21(24(3,4)5)29-30(20)22/h10-12,14,17-18H,6-9,13H2,1-5H3,(H,27,31). The van der Waals surface area contributed by atoms with Gasteiger partial charge in [0.1, 0.15) is 5.82 Å². The van der Waals surface area contributed by atoms with Crippen molar-refractivity contribution in [1.29, 1.82) is 0 Å². The predicted octanol–water partition coefficient (Wildman–Crippen LogP) is 4.14. The minimum atomic E-state index is -0.0817. The van der Waals surface area contributed by atoms with E-state index >= 15 is 0 Å². The van der Waals surface area contributed by atoms with Crippen LogP contribution < -0.4 is 5.32 Å². The van der Waals surface area contributed by atoms with Crippen molar-refractivity contribution in [3.63, 3.8) is 0 Å². The predicted molar refractivity (Wildman–Crippen MR) is 120 cm³/mol. The molecule has 0 radical (unpaired) electrons. The van der Waals surface area contributed by atoms with Gasteiger partial charge in [-0.05, 0) is 51.5 Å². The van der Waals surface area contributed by atoms with Crippen molar-refractivity contribution >= 4 is 11.6 Å². The highest BCUT2D eigenvalue weighted by atomic mass is 16.1. The lowest BCUT2D eigenvalue weighted by atomic mass is 9.80. The SMILES string of the molecule is Cc1ncc(C(=O)NCC2CCC(c3ccnc4cc(C(C)(C)C)nn34)CC2)c(C)n1. The van der Waals surface area contributed by atoms with Gasteiger partial charge in [0.25, 0.3) is 5.91 Å². The molecule has 0 unspecified atom stereocenters. The molecule has 0 aliphatic heterocycles. The molecule has 0 aromatic carbocycles. The summed E-state index contributed by atoms with van der Waals surface area (Å²) in [5.74, 6) is 1.57. The number of carbonyl (C=O) groups is 1. The molecule has 3 aromatic heterocycles. The van der Waals surface area contributed by atoms with E-state index in [0.717, 1.165) is 42.7 Å². The lowest BCUT2D eigenvalue weighted by Crippen LogP contribution is -2.32. The Morgan fingerprint density at radius 1 is 1.16 bits per heavy atom. The Balaban J connectivity index is 1.38. The molecule has 1 amide bonds. The van der Waals surface area contributed by atoms with Crippen LogP contribution >= 0.6 is 0 Å². The molecule has 0 bridgehead atoms. The maximum absolute atomic E-state index is 12.5. The van der Waals surface area contributed by atoms with Crippen LogP contribution in [0.4, 0.5) is 0 Å². The molecule has 1 fully saturated rings. The van der Waals surface area contributed by atoms with E-state index in [-0.39, 0.29) is 11.3 Å². The Morgan fingerprint density at radius 2 is 1.90 bits per heavy atom. The highest BCUT2D eigenvalue weighted by molar-refractivity contribution is 5.94. The van der Waals surface area contributed by atoms with E-state index in [1.54, 1.807) is 6.20 Å². The normalized spacial score (nSPS) is 19.5. The van der Waals surface area contributed by atoms with E-state index in [1.165, 1.54) is 5.69 Å². The van der Waals surface area contributed by atoms with Crippen molar-refractivity contribution in [1.82, 2.24) is 29.9 Å². The second-order valence-corrected chi connectivity index (χ2v) is 9.76. The molecule has 1 N–H and O–H groups in total. The Morgan fingerprint density at radius 3 is 2.58 bits per heavy atom. The van der Waals surface area contributed by atoms with Crippen LogP contribution in [0.15, 0.2) is 24.5 Å². The van der Waals surface area contributed by atoms with Crippen LogP contribution in [0, 0.1) is 19.8 Å². The highest BCUT2D eigenvalue weighted by Gasteiger charge is 2.26. The molecular weight excluding hydrogens is 388 g/mol. The number of carbonyl (C=O) groups excluding carboxylic acids is 1. The van der Waals surface area contributed by atoms with Gasteiger partial charge in [0.05, 0.1) is 17.0 Å². The van der Waals surface area contributed by atoms with E-state index < -0.39 is 0 Å². The van der Waals surface area contributed by atoms with E-state index in [0.29, 0.717) is 29.8 Å². The van der Waals surface area contributed by atoms with Gasteiger partial charge in [-0.2, -0.15) is 5.10 Å². The van der Waals surface area contributed by atoms with Crippen molar-refractivity contribution in [3.8, 4) is 0 Å². The first-order valence-electron chi connectivity index (χ1n) is 11.2. The molecule has 1 aliphatic rings. The van der Waals surface area contributed by atoms with Gasteiger partial charge in [0.15, 0.2) is 5.65 Å². The fraction of sp³-hybridized carbons (Fsp3) is 0.542. The van der Waals surface area contributed by atoms with Crippen LogP contribution in [-0.4, -0.2) is 37.0 Å². The molecule has 3 aromatic rings. The van der Waals surface area contributed by atoms with Gasteiger partial charge in [-0.1, -0.05) is 20.8 Å². The first kappa shape index (κ1) is 21.4. The summed E-state index contributed by atoms with van der Waals surface area (Å²) in [6.45, 7) is 10.9. The summed E-state index contributed by atoms with van der Waals surface area (Å²) in [6, 6.07) is 4.21. The molecule has 1 saturated carbocycles. The molecule has 7 nitrogen and oxygen atoms in total. The molecule has 0 atom stereocenters. The summed E-state index contributed by atoms with van der Waals surface area (Å²) in [5, 5.41) is 7.96. The Labute approximate surface area is 183 Å². The van der Waals surface area contributed by atoms with Crippen molar-refractivity contribution in [3.05, 3.63) is 53.0 Å². The zero-order chi connectivity index (χ0) is 22.2. The van der Waals surface area contributed by atoms with Crippen LogP contribution in [0.2, 0.25) is 0 Å². The number of nitrogens with zero attached hydrogens (tertiary/aromatic N) is 5. The van der Waals surface area contributed by atoms with Crippen molar-refractivity contribution < 1.29 is 4.79 Å². The van der Waals surface area contributed by atoms with Crippen LogP contribution in [0.5, 0.6) is 0 Å². The second kappa shape index (κ2) is 8.36. The fourth-order valence-corrected chi connectivity index (χ4v) is 4.39. The summed E-state index contributed by atoms with van der Waals surface area (Å²) in [5.41, 5.74) is 4.53. The number of nitrogens with one attached hydrogen (secondary N) is 1. The zero-order valence-electron chi connectivity index (χ0n) is 19.1. The monoisotopic (exact) mass is 420 g/mol. The Kier molecular flexibility index (Phi) is 5.77. The maximum Gasteiger partial charge on any atom is 0.254 e. The molecular formula is C24H32N6O. The van der Waals surface area contributed by atoms with E-state index in [2.05, 4.69) is 53.2 Å². The quantitative estimate of drug-likeness (QED) is 0.686. The van der Waals surface area contributed by atoms with Crippen LogP contribution in [-0.2, 0) is 5.41 Å². The van der Waals surface area contributed by atoms with Crippen LogP contribution in [0.3, 0.4) is 0 Å². The molecule has 0 spiro atoms. The summed E-state index contributed by atoms with van der Waals surface area (Å²) < 4.78 is 2.04. The molecule has 0 saturated heterocycles. The van der Waals surface area contributed by atoms with Gasteiger partial charge < -0.3 is 5.32 Å². The van der Waals surface area contributed by atoms with Gasteiger partial charge in [-0.25, -0.2) is 19.5 Å². The average molecular weight is 421 g/mol. The highest BCUT2D eigenvalue weighted by Crippen LogP contribution is 2.36. The van der Waals surface area contributed by atoms with Crippen LogP contribution in [0.25, 0.3) is 5.65 Å². The van der Waals surface area contributed by atoms with E-state index in [9.17, 15) is 4.79 Å². The number of aryl methyl sites for hydroxylation is 2. The first-order chi connectivity index (χ1) is 14.7. The summed E-state index contributed by atoms with van der Waals surface area (Å²) in [4.78, 5) is 25.5. The second-order valence-electron chi connectivity index (χ2n) is 9.76. The van der Waals surface area contributed by atoms with Crippen LogP contribution in [0.1, 0.15) is 85.6 Å². The number of hydrogen-bond acceptors (Lipinski definition) is 5. The summed E-state index contributed by atoms with van der Waals surface area (Å²) in [6.07, 6.45) is 7.89. The number of fused-ring (bicyclic) bond motifs is 1. The summed E-state index contributed by atoms with van der Waals surface area (Å²) in [7, 11) is 0. The van der Waals surface area contributed by atoms with Crippen molar-refractivity contribution in [2.45, 2.75) is 71.6 Å². The third-order valence-electron chi connectivity index (χ3n) is 6.32. The largest absolute Gasteiger partial charge is 0.352 e. The fourth-order valence-electron chi connectivity index (χ4n) is 4.39. The topological polar surface area (TPSA) is 85.1 Å². The number of aromatic nitrogens is 5. The Bertz CT molecular complexity index is 1090. The molecule has 7 heteroatoms. The Hall–Kier alpha value is -2.83. The van der Waals surface area contributed by atoms with E-state index in [1.807, 2.05) is 24.6 Å². The third-order valence-corrected chi connectivity index (χ3v) is 6.32. The molecule has 164 valence electrons. The molecule has 3 heterocycles. The van der Waals surface area contributed by atoms with E-state index in [4.69, 9.17) is 5.10 Å². The zero-order valence-corrected chi connectivity index (χ0v) is 19.1. The maximum atomic E-state index is 12.5. The van der Waals surface area contributed by atoms with Gasteiger partial charge in [0, 0.05) is 42.0 Å². The number of rotatable bonds is 4. The minimum Gasteiger partial charge on any atom is -0.352 e. The van der Waals surface area contributed by atoms with Crippen molar-refractivity contribution in [2.75, 3.05) is 6.54 Å². The average Bonchev–Trinajstić information content (AvgIpc) is 3.17. The first-order valence-corrected chi connectivity index (χ1v) is 11.2. The molecule has 1 aliphatic carbocycles. The minimum absolute atomic E-state index is 0.00167. The molecule has 4 rings (SSSR count). The lowest BCUT2D eigenvalue weighted by molar-refractivity contribution is 0.0941. The van der Waals surface area contributed by atoms with Gasteiger partial charge >= 0.3 is 0 Å². The molecule has 31 heavy (non-hydrogen) atoms. The van der Waals surface area contributed by atoms with Gasteiger partial charge in [-0.15, -0.1) is 0 Å². The number of hydrogen-bond donors (Lipinski definition) is 1. The van der Waals surface area contributed by atoms with Gasteiger partial charge in [0.2, 0.25) is 0 Å². The third kappa shape index (κ3) is 4.60. The summed E-state index contributed by atoms with van der Waals surface area (Å²) >= 11 is 0. The van der Waals surface area contributed by atoms with Crippen molar-refractivity contribution in [2.24, 2.45) is 5.92 Å². The van der Waals surface area contributed by atoms with Gasteiger partial charge in [-0.3, -0.25) is 4.79 Å². The smallest absolute Gasteiger partial charge is 0.254 e. The lowest BCUT2D eigenvalue weighted by Gasteiger charge is -2.29.